The molecule has 1 fully saturated rings. The van der Waals surface area contributed by atoms with Gasteiger partial charge in [-0.15, -0.1) is 11.3 Å². The largest absolute Gasteiger partial charge is 0.341 e. The van der Waals surface area contributed by atoms with E-state index in [0.29, 0.717) is 19.5 Å². The van der Waals surface area contributed by atoms with Crippen molar-refractivity contribution in [1.29, 1.82) is 0 Å². The maximum absolute atomic E-state index is 13.2. The summed E-state index contributed by atoms with van der Waals surface area (Å²) in [4.78, 5) is 15.0. The predicted octanol–water partition coefficient (Wildman–Crippen LogP) is 3.80. The van der Waals surface area contributed by atoms with Crippen molar-refractivity contribution in [2.75, 3.05) is 13.1 Å². The summed E-state index contributed by atoms with van der Waals surface area (Å²) in [5, 5.41) is 0. The summed E-state index contributed by atoms with van der Waals surface area (Å²) in [6.07, 6.45) is 4.49. The van der Waals surface area contributed by atoms with Crippen LogP contribution in [-0.2, 0) is 21.2 Å². The maximum atomic E-state index is 13.2. The van der Waals surface area contributed by atoms with Gasteiger partial charge < -0.3 is 4.90 Å². The standard InChI is InChI=1S/C19H23BrN2O3S2/c20-17-10-11-18(26-17)27(24,25)21-16(14-15-8-4-3-5-9-15)19(23)22-12-6-1-2-7-13-22/h3-5,8-11,16,21H,1-2,6-7,12-14H2/t16-/m0/s1. The Hall–Kier alpha value is -1.22. The molecule has 8 heteroatoms. The van der Waals surface area contributed by atoms with Gasteiger partial charge in [-0.05, 0) is 52.9 Å². The van der Waals surface area contributed by atoms with Crippen LogP contribution in [0.25, 0.3) is 0 Å². The number of benzene rings is 1. The number of rotatable bonds is 6. The summed E-state index contributed by atoms with van der Waals surface area (Å²) >= 11 is 4.43. The summed E-state index contributed by atoms with van der Waals surface area (Å²) in [7, 11) is -3.76. The van der Waals surface area contributed by atoms with Gasteiger partial charge in [-0.1, -0.05) is 43.2 Å². The lowest BCUT2D eigenvalue weighted by Crippen LogP contribution is -2.49. The van der Waals surface area contributed by atoms with Crippen LogP contribution >= 0.6 is 27.3 Å². The molecule has 1 aliphatic heterocycles. The highest BCUT2D eigenvalue weighted by Crippen LogP contribution is 2.26. The van der Waals surface area contributed by atoms with E-state index < -0.39 is 16.1 Å². The van der Waals surface area contributed by atoms with E-state index in [0.717, 1.165) is 46.4 Å². The molecule has 1 aromatic carbocycles. The molecular formula is C19H23BrN2O3S2. The first-order valence-corrected chi connectivity index (χ1v) is 12.2. The molecule has 0 saturated carbocycles. The topological polar surface area (TPSA) is 66.5 Å². The molecule has 5 nitrogen and oxygen atoms in total. The molecule has 1 aliphatic rings. The lowest BCUT2D eigenvalue weighted by atomic mass is 10.1. The SMILES string of the molecule is O=C([C@H](Cc1ccccc1)NS(=O)(=O)c1ccc(Br)s1)N1CCCCCC1. The molecule has 146 valence electrons. The van der Waals surface area contributed by atoms with E-state index >= 15 is 0 Å². The maximum Gasteiger partial charge on any atom is 0.250 e. The van der Waals surface area contributed by atoms with Crippen molar-refractivity contribution in [3.63, 3.8) is 0 Å². The Morgan fingerprint density at radius 3 is 2.33 bits per heavy atom. The minimum absolute atomic E-state index is 0.139. The average Bonchev–Trinajstić information content (AvgIpc) is 2.93. The number of likely N-dealkylation sites (tertiary alicyclic amines) is 1. The van der Waals surface area contributed by atoms with Crippen molar-refractivity contribution in [1.82, 2.24) is 9.62 Å². The number of amides is 1. The summed E-state index contributed by atoms with van der Waals surface area (Å²) in [5.41, 5.74) is 0.931. The molecule has 0 aliphatic carbocycles. The van der Waals surface area contributed by atoms with Crippen molar-refractivity contribution in [3.05, 3.63) is 51.8 Å². The zero-order chi connectivity index (χ0) is 19.3. The van der Waals surface area contributed by atoms with Gasteiger partial charge >= 0.3 is 0 Å². The Bertz CT molecular complexity index is 860. The number of hydrogen-bond donors (Lipinski definition) is 1. The molecule has 27 heavy (non-hydrogen) atoms. The van der Waals surface area contributed by atoms with Crippen LogP contribution in [0.15, 0.2) is 50.5 Å². The lowest BCUT2D eigenvalue weighted by molar-refractivity contribution is -0.132. The van der Waals surface area contributed by atoms with Gasteiger partial charge in [0.05, 0.1) is 3.79 Å². The van der Waals surface area contributed by atoms with Gasteiger partial charge in [-0.3, -0.25) is 4.79 Å². The molecule has 1 amide bonds. The summed E-state index contributed by atoms with van der Waals surface area (Å²) in [6.45, 7) is 1.38. The minimum atomic E-state index is -3.76. The van der Waals surface area contributed by atoms with Crippen LogP contribution in [0.3, 0.4) is 0 Å². The normalized spacial score (nSPS) is 16.7. The van der Waals surface area contributed by atoms with Gasteiger partial charge in [-0.2, -0.15) is 4.72 Å². The van der Waals surface area contributed by atoms with Crippen LogP contribution in [0.1, 0.15) is 31.2 Å². The van der Waals surface area contributed by atoms with E-state index in [2.05, 4.69) is 20.7 Å². The summed E-state index contributed by atoms with van der Waals surface area (Å²) in [5.74, 6) is -0.139. The Morgan fingerprint density at radius 1 is 1.07 bits per heavy atom. The van der Waals surface area contributed by atoms with E-state index in [1.807, 2.05) is 35.2 Å². The second kappa shape index (κ2) is 9.32. The molecule has 0 unspecified atom stereocenters. The zero-order valence-corrected chi connectivity index (χ0v) is 18.2. The third-order valence-corrected chi connectivity index (χ3v) is 8.20. The monoisotopic (exact) mass is 470 g/mol. The molecule has 0 spiro atoms. The number of halogens is 1. The highest BCUT2D eigenvalue weighted by atomic mass is 79.9. The van der Waals surface area contributed by atoms with Gasteiger partial charge in [0, 0.05) is 13.1 Å². The molecule has 1 saturated heterocycles. The van der Waals surface area contributed by atoms with E-state index in [-0.39, 0.29) is 10.1 Å². The Morgan fingerprint density at radius 2 is 1.74 bits per heavy atom. The van der Waals surface area contributed by atoms with Crippen LogP contribution in [0, 0.1) is 0 Å². The number of hydrogen-bond acceptors (Lipinski definition) is 4. The van der Waals surface area contributed by atoms with Crippen molar-refractivity contribution < 1.29 is 13.2 Å². The molecular weight excluding hydrogens is 448 g/mol. The third kappa shape index (κ3) is 5.63. The molecule has 1 aromatic heterocycles. The van der Waals surface area contributed by atoms with Gasteiger partial charge in [0.2, 0.25) is 5.91 Å². The van der Waals surface area contributed by atoms with Gasteiger partial charge in [0.15, 0.2) is 0 Å². The fourth-order valence-corrected chi connectivity index (χ4v) is 6.44. The van der Waals surface area contributed by atoms with Crippen LogP contribution in [0.4, 0.5) is 0 Å². The van der Waals surface area contributed by atoms with Crippen molar-refractivity contribution in [2.24, 2.45) is 0 Å². The highest BCUT2D eigenvalue weighted by molar-refractivity contribution is 9.11. The summed E-state index contributed by atoms with van der Waals surface area (Å²) < 4.78 is 29.2. The third-order valence-electron chi connectivity index (χ3n) is 4.61. The Kier molecular flexibility index (Phi) is 7.08. The number of carbonyl (C=O) groups is 1. The second-order valence-electron chi connectivity index (χ2n) is 6.66. The minimum Gasteiger partial charge on any atom is -0.341 e. The summed E-state index contributed by atoms with van der Waals surface area (Å²) in [6, 6.07) is 12.0. The van der Waals surface area contributed by atoms with Crippen LogP contribution in [0.5, 0.6) is 0 Å². The number of nitrogens with zero attached hydrogens (tertiary/aromatic N) is 1. The smallest absolute Gasteiger partial charge is 0.250 e. The van der Waals surface area contributed by atoms with Crippen LogP contribution < -0.4 is 4.72 Å². The molecule has 2 aromatic rings. The Balaban J connectivity index is 1.83. The number of sulfonamides is 1. The molecule has 1 N–H and O–H groups in total. The lowest BCUT2D eigenvalue weighted by Gasteiger charge is -2.26. The quantitative estimate of drug-likeness (QED) is 0.697. The molecule has 1 atom stereocenters. The van der Waals surface area contributed by atoms with Crippen molar-refractivity contribution in [3.8, 4) is 0 Å². The van der Waals surface area contributed by atoms with Crippen molar-refractivity contribution >= 4 is 43.2 Å². The zero-order valence-electron chi connectivity index (χ0n) is 14.9. The first kappa shape index (κ1) is 20.5. The molecule has 0 radical (unpaired) electrons. The van der Waals surface area contributed by atoms with Gasteiger partial charge in [0.1, 0.15) is 10.3 Å². The molecule has 2 heterocycles. The number of nitrogens with one attached hydrogen (secondary N) is 1. The number of thiophene rings is 1. The second-order valence-corrected chi connectivity index (χ2v) is 11.1. The first-order chi connectivity index (χ1) is 13.0. The molecule has 0 bridgehead atoms. The fourth-order valence-electron chi connectivity index (χ4n) is 3.23. The van der Waals surface area contributed by atoms with E-state index in [4.69, 9.17) is 0 Å². The van der Waals surface area contributed by atoms with E-state index in [9.17, 15) is 13.2 Å². The van der Waals surface area contributed by atoms with Crippen LogP contribution in [-0.4, -0.2) is 38.4 Å². The number of carbonyl (C=O) groups excluding carboxylic acids is 1. The van der Waals surface area contributed by atoms with Crippen molar-refractivity contribution in [2.45, 2.75) is 42.4 Å². The van der Waals surface area contributed by atoms with E-state index in [1.165, 1.54) is 0 Å². The first-order valence-electron chi connectivity index (χ1n) is 9.06. The Labute approximate surface area is 173 Å². The molecule has 3 rings (SSSR count). The average molecular weight is 471 g/mol. The predicted molar refractivity (Wildman–Crippen MR) is 111 cm³/mol. The van der Waals surface area contributed by atoms with Gasteiger partial charge in [0.25, 0.3) is 10.0 Å². The fraction of sp³-hybridized carbons (Fsp3) is 0.421. The van der Waals surface area contributed by atoms with Gasteiger partial charge in [-0.25, -0.2) is 8.42 Å². The van der Waals surface area contributed by atoms with Crippen LogP contribution in [0.2, 0.25) is 0 Å². The van der Waals surface area contributed by atoms with E-state index in [1.54, 1.807) is 12.1 Å². The highest BCUT2D eigenvalue weighted by Gasteiger charge is 2.30.